The van der Waals surface area contributed by atoms with Crippen LogP contribution in [0.2, 0.25) is 0 Å². The second-order valence-corrected chi connectivity index (χ2v) is 5.72. The Kier molecular flexibility index (Phi) is 5.26. The van der Waals surface area contributed by atoms with E-state index in [2.05, 4.69) is 18.8 Å². The lowest BCUT2D eigenvalue weighted by molar-refractivity contribution is 0.127. The van der Waals surface area contributed by atoms with E-state index >= 15 is 0 Å². The average molecular weight is 280 g/mol. The number of thioether (sulfide) groups is 1. The van der Waals surface area contributed by atoms with Crippen LogP contribution in [0.1, 0.15) is 24.5 Å². The summed E-state index contributed by atoms with van der Waals surface area (Å²) in [5.74, 6) is 5.59. The van der Waals surface area contributed by atoms with Gasteiger partial charge in [-0.1, -0.05) is 17.9 Å². The van der Waals surface area contributed by atoms with Gasteiger partial charge in [-0.05, 0) is 31.0 Å². The summed E-state index contributed by atoms with van der Waals surface area (Å²) in [5, 5.41) is 9.16. The summed E-state index contributed by atoms with van der Waals surface area (Å²) in [7, 11) is 0. The number of benzene rings is 1. The lowest BCUT2D eigenvalue weighted by Gasteiger charge is -2.13. The number of hydrogen-bond donors (Lipinski definition) is 1. The highest BCUT2D eigenvalue weighted by atomic mass is 32.2. The second kappa shape index (κ2) is 6.95. The fourth-order valence-electron chi connectivity index (χ4n) is 2.03. The zero-order chi connectivity index (χ0) is 13.7. The topological polar surface area (TPSA) is 29.5 Å². The highest BCUT2D eigenvalue weighted by molar-refractivity contribution is 7.99. The van der Waals surface area contributed by atoms with E-state index in [0.29, 0.717) is 16.9 Å². The van der Waals surface area contributed by atoms with Gasteiger partial charge in [0.2, 0.25) is 0 Å². The van der Waals surface area contributed by atoms with E-state index in [9.17, 15) is 4.39 Å². The standard InChI is InChI=1S/C15H17FO2S/c1-11-15(6-8-18-11)19-10-12-4-5-14(16)13(9-12)3-2-7-17/h4-5,9,11,15,17H,6-8,10H2,1H3. The molecule has 0 radical (unpaired) electrons. The van der Waals surface area contributed by atoms with Crippen LogP contribution in [-0.4, -0.2) is 29.7 Å². The van der Waals surface area contributed by atoms with Crippen LogP contribution in [0.25, 0.3) is 0 Å². The molecule has 1 N–H and O–H groups in total. The summed E-state index contributed by atoms with van der Waals surface area (Å²) in [4.78, 5) is 0. The zero-order valence-corrected chi connectivity index (χ0v) is 11.7. The summed E-state index contributed by atoms with van der Waals surface area (Å²) in [6.45, 7) is 2.66. The molecule has 0 aliphatic carbocycles. The molecule has 2 rings (SSSR count). The van der Waals surface area contributed by atoms with E-state index in [1.54, 1.807) is 12.1 Å². The Morgan fingerprint density at radius 1 is 1.53 bits per heavy atom. The Labute approximate surface area is 117 Å². The van der Waals surface area contributed by atoms with Crippen LogP contribution in [0.3, 0.4) is 0 Å². The first-order valence-corrected chi connectivity index (χ1v) is 7.37. The summed E-state index contributed by atoms with van der Waals surface area (Å²) in [6, 6.07) is 4.98. The van der Waals surface area contributed by atoms with Crippen LogP contribution in [0.4, 0.5) is 4.39 Å². The molecule has 1 aliphatic heterocycles. The van der Waals surface area contributed by atoms with Crippen LogP contribution in [0.15, 0.2) is 18.2 Å². The molecular weight excluding hydrogens is 263 g/mol. The number of halogens is 1. The van der Waals surface area contributed by atoms with Crippen LogP contribution >= 0.6 is 11.8 Å². The molecule has 1 fully saturated rings. The average Bonchev–Trinajstić information content (AvgIpc) is 2.82. The van der Waals surface area contributed by atoms with Crippen LogP contribution in [-0.2, 0) is 10.5 Å². The van der Waals surface area contributed by atoms with E-state index in [1.807, 2.05) is 11.8 Å². The molecule has 1 saturated heterocycles. The monoisotopic (exact) mass is 280 g/mol. The fourth-order valence-corrected chi connectivity index (χ4v) is 3.23. The maximum atomic E-state index is 13.5. The molecule has 2 atom stereocenters. The zero-order valence-electron chi connectivity index (χ0n) is 10.9. The molecule has 102 valence electrons. The molecule has 19 heavy (non-hydrogen) atoms. The van der Waals surface area contributed by atoms with Gasteiger partial charge in [-0.2, -0.15) is 11.8 Å². The molecule has 1 aromatic rings. The number of hydrogen-bond acceptors (Lipinski definition) is 3. The van der Waals surface area contributed by atoms with Gasteiger partial charge in [0.05, 0.1) is 11.7 Å². The molecular formula is C15H17FO2S. The van der Waals surface area contributed by atoms with Crippen molar-refractivity contribution in [2.45, 2.75) is 30.5 Å². The second-order valence-electron chi connectivity index (χ2n) is 4.49. The predicted molar refractivity (Wildman–Crippen MR) is 75.5 cm³/mol. The van der Waals surface area contributed by atoms with Crippen molar-refractivity contribution in [3.63, 3.8) is 0 Å². The van der Waals surface area contributed by atoms with E-state index in [1.165, 1.54) is 6.07 Å². The van der Waals surface area contributed by atoms with Gasteiger partial charge >= 0.3 is 0 Å². The first-order chi connectivity index (χ1) is 9.20. The molecule has 0 amide bonds. The summed E-state index contributed by atoms with van der Waals surface area (Å²) in [6.07, 6.45) is 1.36. The quantitative estimate of drug-likeness (QED) is 0.863. The normalized spacial score (nSPS) is 22.1. The van der Waals surface area contributed by atoms with E-state index in [0.717, 1.165) is 24.3 Å². The largest absolute Gasteiger partial charge is 0.384 e. The molecule has 0 spiro atoms. The maximum Gasteiger partial charge on any atom is 0.138 e. The Bertz CT molecular complexity index is 493. The van der Waals surface area contributed by atoms with Gasteiger partial charge in [0.1, 0.15) is 12.4 Å². The molecule has 0 aromatic heterocycles. The molecule has 0 bridgehead atoms. The molecule has 1 aromatic carbocycles. The van der Waals surface area contributed by atoms with Gasteiger partial charge in [-0.15, -0.1) is 0 Å². The molecule has 1 heterocycles. The SMILES string of the molecule is CC1OCCC1SCc1ccc(F)c(C#CCO)c1. The van der Waals surface area contributed by atoms with Gasteiger partial charge in [0.15, 0.2) is 0 Å². The maximum absolute atomic E-state index is 13.5. The van der Waals surface area contributed by atoms with E-state index in [4.69, 9.17) is 9.84 Å². The molecule has 2 nitrogen and oxygen atoms in total. The Hall–Kier alpha value is -1.02. The Morgan fingerprint density at radius 3 is 3.05 bits per heavy atom. The number of aliphatic hydroxyl groups excluding tert-OH is 1. The third-order valence-electron chi connectivity index (χ3n) is 3.10. The summed E-state index contributed by atoms with van der Waals surface area (Å²) in [5.41, 5.74) is 1.40. The van der Waals surface area contributed by atoms with Crippen molar-refractivity contribution in [1.29, 1.82) is 0 Å². The number of rotatable bonds is 3. The number of aliphatic hydroxyl groups is 1. The van der Waals surface area contributed by atoms with Crippen molar-refractivity contribution in [2.24, 2.45) is 0 Å². The number of ether oxygens (including phenoxy) is 1. The van der Waals surface area contributed by atoms with Crippen LogP contribution in [0, 0.1) is 17.7 Å². The fraction of sp³-hybridized carbons (Fsp3) is 0.467. The smallest absolute Gasteiger partial charge is 0.138 e. The van der Waals surface area contributed by atoms with Gasteiger partial charge in [0.25, 0.3) is 0 Å². The van der Waals surface area contributed by atoms with Gasteiger partial charge in [0, 0.05) is 17.6 Å². The van der Waals surface area contributed by atoms with E-state index < -0.39 is 0 Å². The van der Waals surface area contributed by atoms with Crippen molar-refractivity contribution < 1.29 is 14.2 Å². The molecule has 0 saturated carbocycles. The lowest BCUT2D eigenvalue weighted by atomic mass is 10.1. The third-order valence-corrected chi connectivity index (χ3v) is 4.65. The highest BCUT2D eigenvalue weighted by Gasteiger charge is 2.24. The molecule has 4 heteroatoms. The van der Waals surface area contributed by atoms with Crippen LogP contribution < -0.4 is 0 Å². The Balaban J connectivity index is 2.00. The van der Waals surface area contributed by atoms with Crippen molar-refractivity contribution in [3.8, 4) is 11.8 Å². The summed E-state index contributed by atoms with van der Waals surface area (Å²) < 4.78 is 19.0. The van der Waals surface area contributed by atoms with Gasteiger partial charge < -0.3 is 9.84 Å². The van der Waals surface area contributed by atoms with Crippen molar-refractivity contribution in [3.05, 3.63) is 35.1 Å². The first-order valence-electron chi connectivity index (χ1n) is 6.32. The van der Waals surface area contributed by atoms with Crippen LogP contribution in [0.5, 0.6) is 0 Å². The van der Waals surface area contributed by atoms with Crippen molar-refractivity contribution >= 4 is 11.8 Å². The van der Waals surface area contributed by atoms with Gasteiger partial charge in [-0.25, -0.2) is 4.39 Å². The molecule has 1 aliphatic rings. The van der Waals surface area contributed by atoms with E-state index in [-0.39, 0.29) is 12.4 Å². The highest BCUT2D eigenvalue weighted by Crippen LogP contribution is 2.29. The van der Waals surface area contributed by atoms with Crippen molar-refractivity contribution in [1.82, 2.24) is 0 Å². The minimum atomic E-state index is -0.340. The third kappa shape index (κ3) is 3.97. The summed E-state index contributed by atoms with van der Waals surface area (Å²) >= 11 is 1.84. The minimum Gasteiger partial charge on any atom is -0.384 e. The van der Waals surface area contributed by atoms with Crippen molar-refractivity contribution in [2.75, 3.05) is 13.2 Å². The van der Waals surface area contributed by atoms with Gasteiger partial charge in [-0.3, -0.25) is 0 Å². The lowest BCUT2D eigenvalue weighted by Crippen LogP contribution is -2.13. The Morgan fingerprint density at radius 2 is 2.37 bits per heavy atom. The molecule has 2 unspecified atom stereocenters. The first kappa shape index (κ1) is 14.4. The predicted octanol–water partition coefficient (Wildman–Crippen LogP) is 2.58. The minimum absolute atomic E-state index is 0.255.